The Labute approximate surface area is 123 Å². The van der Waals surface area contributed by atoms with Crippen LogP contribution in [0, 0.1) is 0 Å². The Balaban J connectivity index is 1.89. The topological polar surface area (TPSA) is 94.1 Å². The summed E-state index contributed by atoms with van der Waals surface area (Å²) in [5.41, 5.74) is 1.44. The Hall–Kier alpha value is -1.83. The van der Waals surface area contributed by atoms with Crippen LogP contribution in [0.5, 0.6) is 0 Å². The van der Waals surface area contributed by atoms with Gasteiger partial charge in [-0.15, -0.1) is 0 Å². The number of benzene rings is 1. The van der Waals surface area contributed by atoms with E-state index in [4.69, 9.17) is 9.84 Å². The third-order valence-corrected chi connectivity index (χ3v) is 3.16. The normalized spacial score (nSPS) is 16.4. The van der Waals surface area contributed by atoms with Crippen molar-refractivity contribution in [3.05, 3.63) is 24.3 Å². The highest BCUT2D eigenvalue weighted by atomic mass is 16.5. The van der Waals surface area contributed by atoms with Crippen LogP contribution in [0.15, 0.2) is 24.3 Å². The molecule has 0 bridgehead atoms. The number of rotatable bonds is 5. The van der Waals surface area contributed by atoms with Gasteiger partial charge < -0.3 is 30.5 Å². The molecule has 1 fully saturated rings. The van der Waals surface area contributed by atoms with Gasteiger partial charge >= 0.3 is 6.03 Å². The van der Waals surface area contributed by atoms with Crippen molar-refractivity contribution in [1.82, 2.24) is 4.90 Å². The summed E-state index contributed by atoms with van der Waals surface area (Å²) in [6.45, 7) is 2.26. The number of nitrogens with zero attached hydrogens (tertiary/aromatic N) is 1. The predicted molar refractivity (Wildman–Crippen MR) is 79.4 cm³/mol. The van der Waals surface area contributed by atoms with Crippen molar-refractivity contribution in [3.63, 3.8) is 0 Å². The Kier molecular flexibility index (Phi) is 5.79. The van der Waals surface area contributed by atoms with Gasteiger partial charge in [0.25, 0.3) is 0 Å². The van der Waals surface area contributed by atoms with Crippen molar-refractivity contribution in [2.24, 2.45) is 0 Å². The molecule has 0 aromatic heterocycles. The monoisotopic (exact) mass is 295 g/mol. The first-order valence-corrected chi connectivity index (χ1v) is 6.95. The van der Waals surface area contributed by atoms with E-state index in [0.29, 0.717) is 32.0 Å². The standard InChI is InChI=1S/C14H21N3O4/c18-10-13(19)9-15-11-2-1-3-12(8-11)16-14(20)17-4-6-21-7-5-17/h1-3,8,13,15,18-19H,4-7,9-10H2,(H,16,20). The van der Waals surface area contributed by atoms with E-state index in [1.54, 1.807) is 17.0 Å². The van der Waals surface area contributed by atoms with Gasteiger partial charge in [0.2, 0.25) is 0 Å². The van der Waals surface area contributed by atoms with Gasteiger partial charge in [-0.2, -0.15) is 0 Å². The highest BCUT2D eigenvalue weighted by Gasteiger charge is 2.16. The maximum atomic E-state index is 12.1. The lowest BCUT2D eigenvalue weighted by Crippen LogP contribution is -2.43. The number of hydrogen-bond donors (Lipinski definition) is 4. The molecule has 0 saturated carbocycles. The van der Waals surface area contributed by atoms with Gasteiger partial charge in [0.05, 0.1) is 25.9 Å². The van der Waals surface area contributed by atoms with Gasteiger partial charge in [-0.3, -0.25) is 0 Å². The quantitative estimate of drug-likeness (QED) is 0.627. The molecule has 4 N–H and O–H groups in total. The van der Waals surface area contributed by atoms with E-state index in [9.17, 15) is 9.90 Å². The molecular formula is C14H21N3O4. The van der Waals surface area contributed by atoms with Gasteiger partial charge in [-0.1, -0.05) is 6.07 Å². The zero-order valence-corrected chi connectivity index (χ0v) is 11.8. The molecule has 0 spiro atoms. The Bertz CT molecular complexity index is 463. The lowest BCUT2D eigenvalue weighted by atomic mass is 10.2. The third kappa shape index (κ3) is 4.89. The van der Waals surface area contributed by atoms with E-state index in [0.717, 1.165) is 5.69 Å². The number of urea groups is 1. The minimum absolute atomic E-state index is 0.147. The molecule has 1 aromatic rings. The van der Waals surface area contributed by atoms with E-state index in [1.807, 2.05) is 12.1 Å². The predicted octanol–water partition coefficient (Wildman–Crippen LogP) is 0.316. The van der Waals surface area contributed by atoms with Crippen LogP contribution in [0.2, 0.25) is 0 Å². The van der Waals surface area contributed by atoms with Crippen molar-refractivity contribution < 1.29 is 19.7 Å². The largest absolute Gasteiger partial charge is 0.394 e. The van der Waals surface area contributed by atoms with Crippen molar-refractivity contribution >= 4 is 17.4 Å². The lowest BCUT2D eigenvalue weighted by molar-refractivity contribution is 0.0564. The summed E-state index contributed by atoms with van der Waals surface area (Å²) >= 11 is 0. The fourth-order valence-corrected chi connectivity index (χ4v) is 1.98. The average molecular weight is 295 g/mol. The summed E-state index contributed by atoms with van der Waals surface area (Å²) in [4.78, 5) is 13.8. The van der Waals surface area contributed by atoms with E-state index in [2.05, 4.69) is 10.6 Å². The van der Waals surface area contributed by atoms with Crippen molar-refractivity contribution in [3.8, 4) is 0 Å². The van der Waals surface area contributed by atoms with Crippen LogP contribution in [0.1, 0.15) is 0 Å². The van der Waals surface area contributed by atoms with Crippen molar-refractivity contribution in [1.29, 1.82) is 0 Å². The first kappa shape index (κ1) is 15.6. The molecule has 1 saturated heterocycles. The molecule has 2 amide bonds. The second-order valence-electron chi connectivity index (χ2n) is 4.83. The maximum Gasteiger partial charge on any atom is 0.322 e. The molecule has 7 nitrogen and oxygen atoms in total. The van der Waals surface area contributed by atoms with E-state index in [-0.39, 0.29) is 19.2 Å². The molecule has 1 aromatic carbocycles. The van der Waals surface area contributed by atoms with Crippen LogP contribution in [0.25, 0.3) is 0 Å². The van der Waals surface area contributed by atoms with Crippen molar-refractivity contribution in [2.75, 3.05) is 50.1 Å². The molecule has 1 aliphatic rings. The molecule has 1 aliphatic heterocycles. The van der Waals surface area contributed by atoms with Gasteiger partial charge in [0.15, 0.2) is 0 Å². The zero-order chi connectivity index (χ0) is 15.1. The Morgan fingerprint density at radius 3 is 2.76 bits per heavy atom. The number of carbonyl (C=O) groups is 1. The highest BCUT2D eigenvalue weighted by molar-refractivity contribution is 5.89. The number of amides is 2. The number of aliphatic hydroxyl groups excluding tert-OH is 2. The highest BCUT2D eigenvalue weighted by Crippen LogP contribution is 2.16. The molecule has 2 rings (SSSR count). The first-order chi connectivity index (χ1) is 10.2. The average Bonchev–Trinajstić information content (AvgIpc) is 2.53. The number of hydrogen-bond acceptors (Lipinski definition) is 5. The summed E-state index contributed by atoms with van der Waals surface area (Å²) in [6.07, 6.45) is -0.809. The Morgan fingerprint density at radius 2 is 2.05 bits per heavy atom. The van der Waals surface area contributed by atoms with Gasteiger partial charge in [0.1, 0.15) is 0 Å². The number of nitrogens with one attached hydrogen (secondary N) is 2. The number of ether oxygens (including phenoxy) is 1. The second kappa shape index (κ2) is 7.82. The molecule has 1 heterocycles. The van der Waals surface area contributed by atoms with E-state index >= 15 is 0 Å². The minimum atomic E-state index is -0.809. The zero-order valence-electron chi connectivity index (χ0n) is 11.8. The van der Waals surface area contributed by atoms with Crippen LogP contribution < -0.4 is 10.6 Å². The second-order valence-corrected chi connectivity index (χ2v) is 4.83. The molecule has 7 heteroatoms. The van der Waals surface area contributed by atoms with Crippen LogP contribution in [0.4, 0.5) is 16.2 Å². The summed E-state index contributed by atoms with van der Waals surface area (Å²) in [5, 5.41) is 23.9. The van der Waals surface area contributed by atoms with E-state index < -0.39 is 6.10 Å². The summed E-state index contributed by atoms with van der Waals surface area (Å²) in [5.74, 6) is 0. The lowest BCUT2D eigenvalue weighted by Gasteiger charge is -2.27. The van der Waals surface area contributed by atoms with Crippen molar-refractivity contribution in [2.45, 2.75) is 6.10 Å². The SMILES string of the molecule is O=C(Nc1cccc(NCC(O)CO)c1)N1CCOCC1. The van der Waals surface area contributed by atoms with Gasteiger partial charge in [-0.05, 0) is 18.2 Å². The molecule has 21 heavy (non-hydrogen) atoms. The van der Waals surface area contributed by atoms with Crippen LogP contribution in [0.3, 0.4) is 0 Å². The summed E-state index contributed by atoms with van der Waals surface area (Å²) in [7, 11) is 0. The minimum Gasteiger partial charge on any atom is -0.394 e. The fourth-order valence-electron chi connectivity index (χ4n) is 1.98. The van der Waals surface area contributed by atoms with E-state index in [1.165, 1.54) is 0 Å². The third-order valence-electron chi connectivity index (χ3n) is 3.16. The van der Waals surface area contributed by atoms with Crippen LogP contribution in [-0.4, -0.2) is 66.7 Å². The maximum absolute atomic E-state index is 12.1. The van der Waals surface area contributed by atoms with Gasteiger partial charge in [-0.25, -0.2) is 4.79 Å². The first-order valence-electron chi connectivity index (χ1n) is 6.95. The van der Waals surface area contributed by atoms with Crippen LogP contribution >= 0.6 is 0 Å². The summed E-state index contributed by atoms with van der Waals surface area (Å²) in [6, 6.07) is 7.07. The molecular weight excluding hydrogens is 274 g/mol. The molecule has 116 valence electrons. The summed E-state index contributed by atoms with van der Waals surface area (Å²) < 4.78 is 5.21. The number of morpholine rings is 1. The molecule has 0 aliphatic carbocycles. The van der Waals surface area contributed by atoms with Gasteiger partial charge in [0, 0.05) is 31.0 Å². The number of aliphatic hydroxyl groups is 2. The fraction of sp³-hybridized carbons (Fsp3) is 0.500. The molecule has 1 unspecified atom stereocenters. The molecule has 0 radical (unpaired) electrons. The smallest absolute Gasteiger partial charge is 0.322 e. The number of carbonyl (C=O) groups excluding carboxylic acids is 1. The number of anilines is 2. The Morgan fingerprint density at radius 1 is 1.33 bits per heavy atom. The molecule has 1 atom stereocenters. The van der Waals surface area contributed by atoms with Crippen LogP contribution in [-0.2, 0) is 4.74 Å².